The first-order valence-corrected chi connectivity index (χ1v) is 10.1. The molecule has 0 aliphatic heterocycles. The minimum Gasteiger partial charge on any atom is -0.350 e. The lowest BCUT2D eigenvalue weighted by atomic mass is 10.1. The lowest BCUT2D eigenvalue weighted by molar-refractivity contribution is -0.137. The van der Waals surface area contributed by atoms with Crippen LogP contribution in [0.5, 0.6) is 0 Å². The van der Waals surface area contributed by atoms with Crippen molar-refractivity contribution in [2.75, 3.05) is 6.54 Å². The van der Waals surface area contributed by atoms with E-state index in [1.807, 2.05) is 49.4 Å². The fourth-order valence-corrected chi connectivity index (χ4v) is 3.35. The van der Waals surface area contributed by atoms with E-state index in [0.717, 1.165) is 23.3 Å². The first-order valence-electron chi connectivity index (χ1n) is 10.1. The second-order valence-corrected chi connectivity index (χ2v) is 7.48. The van der Waals surface area contributed by atoms with E-state index in [1.165, 1.54) is 12.1 Å². The van der Waals surface area contributed by atoms with E-state index < -0.39 is 11.7 Å². The van der Waals surface area contributed by atoms with E-state index in [2.05, 4.69) is 15.3 Å². The minimum atomic E-state index is -4.37. The van der Waals surface area contributed by atoms with Gasteiger partial charge in [0, 0.05) is 17.5 Å². The van der Waals surface area contributed by atoms with E-state index in [-0.39, 0.29) is 18.1 Å². The van der Waals surface area contributed by atoms with Crippen LogP contribution in [0.2, 0.25) is 0 Å². The van der Waals surface area contributed by atoms with Crippen LogP contribution in [-0.4, -0.2) is 22.4 Å². The molecule has 4 rings (SSSR count). The van der Waals surface area contributed by atoms with Crippen molar-refractivity contribution in [2.45, 2.75) is 19.5 Å². The number of nitrogens with one attached hydrogen (secondary N) is 1. The summed E-state index contributed by atoms with van der Waals surface area (Å²) in [6, 6.07) is 19.9. The number of nitrogens with zero attached hydrogens (tertiary/aromatic N) is 2. The zero-order chi connectivity index (χ0) is 22.7. The van der Waals surface area contributed by atoms with Crippen LogP contribution in [0.4, 0.5) is 13.2 Å². The molecule has 1 heterocycles. The number of carbonyl (C=O) groups excluding carboxylic acids is 1. The summed E-state index contributed by atoms with van der Waals surface area (Å²) in [6.07, 6.45) is -3.96. The number of hydrogen-bond donors (Lipinski definition) is 1. The monoisotopic (exact) mass is 435 g/mol. The van der Waals surface area contributed by atoms with Crippen LogP contribution in [-0.2, 0) is 12.6 Å². The number of aryl methyl sites for hydroxylation is 1. The Morgan fingerprint density at radius 2 is 1.59 bits per heavy atom. The molecule has 1 amide bonds. The number of aromatic nitrogens is 2. The van der Waals surface area contributed by atoms with Gasteiger partial charge in [-0.25, -0.2) is 9.97 Å². The highest BCUT2D eigenvalue weighted by Gasteiger charge is 2.29. The second-order valence-electron chi connectivity index (χ2n) is 7.48. The molecule has 0 aliphatic carbocycles. The maximum absolute atomic E-state index is 12.9. The summed E-state index contributed by atoms with van der Waals surface area (Å²) in [6.45, 7) is 2.25. The van der Waals surface area contributed by atoms with Crippen molar-refractivity contribution in [3.8, 4) is 11.4 Å². The van der Waals surface area contributed by atoms with Crippen molar-refractivity contribution in [1.29, 1.82) is 0 Å². The van der Waals surface area contributed by atoms with Gasteiger partial charge in [0.2, 0.25) is 0 Å². The largest absolute Gasteiger partial charge is 0.416 e. The van der Waals surface area contributed by atoms with Gasteiger partial charge in [-0.05, 0) is 37.1 Å². The molecule has 4 nitrogen and oxygen atoms in total. The molecule has 1 aromatic heterocycles. The highest BCUT2D eigenvalue weighted by atomic mass is 19.4. The second kappa shape index (κ2) is 8.78. The Hall–Kier alpha value is -3.74. The summed E-state index contributed by atoms with van der Waals surface area (Å²) >= 11 is 0. The highest BCUT2D eigenvalue weighted by molar-refractivity contribution is 6.04. The van der Waals surface area contributed by atoms with Gasteiger partial charge in [0.15, 0.2) is 5.82 Å². The lowest BCUT2D eigenvalue weighted by Crippen LogP contribution is -2.27. The molecular weight excluding hydrogens is 415 g/mol. The van der Waals surface area contributed by atoms with E-state index in [9.17, 15) is 18.0 Å². The van der Waals surface area contributed by atoms with Crippen molar-refractivity contribution in [3.63, 3.8) is 0 Å². The number of benzene rings is 3. The zero-order valence-corrected chi connectivity index (χ0v) is 17.3. The van der Waals surface area contributed by atoms with E-state index >= 15 is 0 Å². The third-order valence-corrected chi connectivity index (χ3v) is 5.11. The molecule has 0 saturated carbocycles. The SMILES string of the molecule is Cc1ccc(-c2nc(C(=O)NCCc3ccc(C(F)(F)F)cc3)c3ccccc3n2)cc1. The number of rotatable bonds is 5. The Balaban J connectivity index is 1.53. The first-order chi connectivity index (χ1) is 15.3. The fourth-order valence-electron chi connectivity index (χ4n) is 3.35. The maximum atomic E-state index is 12.9. The first kappa shape index (κ1) is 21.5. The number of hydrogen-bond acceptors (Lipinski definition) is 3. The Morgan fingerprint density at radius 3 is 2.28 bits per heavy atom. The van der Waals surface area contributed by atoms with Gasteiger partial charge in [-0.15, -0.1) is 0 Å². The summed E-state index contributed by atoms with van der Waals surface area (Å²) in [5, 5.41) is 3.46. The molecule has 0 aliphatic rings. The predicted octanol–water partition coefficient (Wildman–Crippen LogP) is 5.60. The molecule has 0 fully saturated rings. The lowest BCUT2D eigenvalue weighted by Gasteiger charge is -2.10. The van der Waals surface area contributed by atoms with E-state index in [4.69, 9.17) is 0 Å². The molecule has 0 saturated heterocycles. The van der Waals surface area contributed by atoms with Crippen LogP contribution in [0.15, 0.2) is 72.8 Å². The van der Waals surface area contributed by atoms with Gasteiger partial charge >= 0.3 is 6.18 Å². The average Bonchev–Trinajstić information content (AvgIpc) is 2.78. The molecule has 162 valence electrons. The summed E-state index contributed by atoms with van der Waals surface area (Å²) in [4.78, 5) is 22.0. The highest BCUT2D eigenvalue weighted by Crippen LogP contribution is 2.29. The van der Waals surface area contributed by atoms with Gasteiger partial charge in [-0.2, -0.15) is 13.2 Å². The molecule has 0 radical (unpaired) electrons. The normalized spacial score (nSPS) is 11.5. The Morgan fingerprint density at radius 1 is 0.906 bits per heavy atom. The third kappa shape index (κ3) is 4.77. The summed E-state index contributed by atoms with van der Waals surface area (Å²) in [7, 11) is 0. The molecular formula is C25H20F3N3O. The third-order valence-electron chi connectivity index (χ3n) is 5.11. The standard InChI is InChI=1S/C25H20F3N3O/c1-16-6-10-18(11-7-16)23-30-21-5-3-2-4-20(21)22(31-23)24(32)29-15-14-17-8-12-19(13-9-17)25(26,27)28/h2-13H,14-15H2,1H3,(H,29,32). The molecule has 0 bridgehead atoms. The molecule has 1 N–H and O–H groups in total. The molecule has 0 atom stereocenters. The number of alkyl halides is 3. The molecule has 0 spiro atoms. The molecule has 32 heavy (non-hydrogen) atoms. The number of fused-ring (bicyclic) bond motifs is 1. The Labute approximate surface area is 183 Å². The summed E-state index contributed by atoms with van der Waals surface area (Å²) in [5.74, 6) is 0.0977. The van der Waals surface area contributed by atoms with E-state index in [0.29, 0.717) is 28.7 Å². The fraction of sp³-hybridized carbons (Fsp3) is 0.160. The van der Waals surface area contributed by atoms with Gasteiger partial charge in [-0.3, -0.25) is 4.79 Å². The van der Waals surface area contributed by atoms with Gasteiger partial charge in [0.25, 0.3) is 5.91 Å². The van der Waals surface area contributed by atoms with Crippen LogP contribution in [0.25, 0.3) is 22.3 Å². The van der Waals surface area contributed by atoms with Crippen LogP contribution >= 0.6 is 0 Å². The van der Waals surface area contributed by atoms with Crippen LogP contribution in [0.3, 0.4) is 0 Å². The van der Waals surface area contributed by atoms with Crippen LogP contribution in [0.1, 0.15) is 27.2 Å². The van der Waals surface area contributed by atoms with Crippen molar-refractivity contribution in [1.82, 2.24) is 15.3 Å². The van der Waals surface area contributed by atoms with Crippen LogP contribution < -0.4 is 5.32 Å². The Kier molecular flexibility index (Phi) is 5.90. The van der Waals surface area contributed by atoms with Gasteiger partial charge in [0.05, 0.1) is 11.1 Å². The van der Waals surface area contributed by atoms with Gasteiger partial charge in [-0.1, -0.05) is 60.2 Å². The van der Waals surface area contributed by atoms with Crippen molar-refractivity contribution in [3.05, 3.63) is 95.2 Å². The van der Waals surface area contributed by atoms with Crippen molar-refractivity contribution >= 4 is 16.8 Å². The number of carbonyl (C=O) groups is 1. The topological polar surface area (TPSA) is 54.9 Å². The smallest absolute Gasteiger partial charge is 0.350 e. The zero-order valence-electron chi connectivity index (χ0n) is 17.3. The summed E-state index contributed by atoms with van der Waals surface area (Å²) in [5.41, 5.74) is 2.84. The Bertz CT molecular complexity index is 1250. The molecule has 7 heteroatoms. The summed E-state index contributed by atoms with van der Waals surface area (Å²) < 4.78 is 38.1. The van der Waals surface area contributed by atoms with E-state index in [1.54, 1.807) is 6.07 Å². The van der Waals surface area contributed by atoms with Gasteiger partial charge in [0.1, 0.15) is 5.69 Å². The quantitative estimate of drug-likeness (QED) is 0.444. The van der Waals surface area contributed by atoms with Gasteiger partial charge < -0.3 is 5.32 Å². The predicted molar refractivity (Wildman–Crippen MR) is 117 cm³/mol. The minimum absolute atomic E-state index is 0.263. The maximum Gasteiger partial charge on any atom is 0.416 e. The van der Waals surface area contributed by atoms with Crippen molar-refractivity contribution in [2.24, 2.45) is 0 Å². The number of halogens is 3. The number of amides is 1. The molecule has 4 aromatic rings. The molecule has 0 unspecified atom stereocenters. The van der Waals surface area contributed by atoms with Crippen molar-refractivity contribution < 1.29 is 18.0 Å². The average molecular weight is 435 g/mol. The molecule has 3 aromatic carbocycles. The number of para-hydroxylation sites is 1. The van der Waals surface area contributed by atoms with Crippen LogP contribution in [0, 0.1) is 6.92 Å².